The van der Waals surface area contributed by atoms with Crippen LogP contribution in [0.15, 0.2) is 57.9 Å². The SMILES string of the molecule is O=c1ccc2ccc(Oc3cnc4cc(F)c(F)cc4n3)cc2o1. The standard InChI is InChI=1S/C17H8F2N2O3/c18-11-6-13-14(7-12(11)19)21-16(8-20-13)23-10-3-1-9-2-4-17(22)24-15(9)5-10/h1-8H. The number of ether oxygens (including phenoxy) is 1. The van der Waals surface area contributed by atoms with Crippen molar-refractivity contribution in [3.63, 3.8) is 0 Å². The summed E-state index contributed by atoms with van der Waals surface area (Å²) in [6, 6.07) is 9.80. The summed E-state index contributed by atoms with van der Waals surface area (Å²) in [5.74, 6) is -1.53. The van der Waals surface area contributed by atoms with Crippen LogP contribution in [0.5, 0.6) is 11.6 Å². The molecule has 5 nitrogen and oxygen atoms in total. The van der Waals surface area contributed by atoms with Crippen LogP contribution in [-0.2, 0) is 0 Å². The van der Waals surface area contributed by atoms with Crippen molar-refractivity contribution in [3.8, 4) is 11.6 Å². The van der Waals surface area contributed by atoms with E-state index in [4.69, 9.17) is 9.15 Å². The number of hydrogen-bond donors (Lipinski definition) is 0. The van der Waals surface area contributed by atoms with Gasteiger partial charge in [0.2, 0.25) is 5.88 Å². The summed E-state index contributed by atoms with van der Waals surface area (Å²) in [7, 11) is 0. The third-order valence-corrected chi connectivity index (χ3v) is 3.38. The fourth-order valence-electron chi connectivity index (χ4n) is 2.27. The van der Waals surface area contributed by atoms with Crippen LogP contribution in [0.1, 0.15) is 0 Å². The first-order valence-electron chi connectivity index (χ1n) is 6.92. The summed E-state index contributed by atoms with van der Waals surface area (Å²) in [5.41, 5.74) is 0.272. The Labute approximate surface area is 133 Å². The molecule has 0 aliphatic carbocycles. The lowest BCUT2D eigenvalue weighted by atomic mass is 10.2. The predicted molar refractivity (Wildman–Crippen MR) is 82.0 cm³/mol. The van der Waals surface area contributed by atoms with Crippen molar-refractivity contribution < 1.29 is 17.9 Å². The van der Waals surface area contributed by atoms with E-state index >= 15 is 0 Å². The molecule has 0 N–H and O–H groups in total. The molecule has 0 saturated carbocycles. The lowest BCUT2D eigenvalue weighted by Gasteiger charge is -2.06. The third-order valence-electron chi connectivity index (χ3n) is 3.38. The average molecular weight is 326 g/mol. The van der Waals surface area contributed by atoms with Gasteiger partial charge in [0.1, 0.15) is 11.3 Å². The van der Waals surface area contributed by atoms with Crippen molar-refractivity contribution in [2.45, 2.75) is 0 Å². The van der Waals surface area contributed by atoms with E-state index in [1.807, 2.05) is 0 Å². The van der Waals surface area contributed by atoms with Crippen molar-refractivity contribution in [3.05, 3.63) is 70.7 Å². The number of aromatic nitrogens is 2. The van der Waals surface area contributed by atoms with Gasteiger partial charge >= 0.3 is 5.63 Å². The van der Waals surface area contributed by atoms with Gasteiger partial charge < -0.3 is 9.15 Å². The highest BCUT2D eigenvalue weighted by atomic mass is 19.2. The zero-order chi connectivity index (χ0) is 16.7. The fourth-order valence-corrected chi connectivity index (χ4v) is 2.27. The summed E-state index contributed by atoms with van der Waals surface area (Å²) >= 11 is 0. The molecule has 2 heterocycles. The Morgan fingerprint density at radius 2 is 1.71 bits per heavy atom. The van der Waals surface area contributed by atoms with Crippen LogP contribution in [0.3, 0.4) is 0 Å². The van der Waals surface area contributed by atoms with Gasteiger partial charge in [0.25, 0.3) is 0 Å². The normalized spacial score (nSPS) is 11.1. The fraction of sp³-hybridized carbons (Fsp3) is 0. The van der Waals surface area contributed by atoms with Crippen LogP contribution < -0.4 is 10.4 Å². The maximum absolute atomic E-state index is 13.3. The highest BCUT2D eigenvalue weighted by Crippen LogP contribution is 2.25. The quantitative estimate of drug-likeness (QED) is 0.524. The molecule has 0 saturated heterocycles. The van der Waals surface area contributed by atoms with E-state index < -0.39 is 17.3 Å². The molecule has 4 rings (SSSR count). The topological polar surface area (TPSA) is 65.2 Å². The summed E-state index contributed by atoms with van der Waals surface area (Å²) in [5, 5.41) is 0.740. The van der Waals surface area contributed by atoms with E-state index in [0.29, 0.717) is 11.3 Å². The minimum absolute atomic E-state index is 0.103. The number of nitrogens with zero attached hydrogens (tertiary/aromatic N) is 2. The maximum atomic E-state index is 13.3. The number of rotatable bonds is 2. The van der Waals surface area contributed by atoms with Crippen LogP contribution in [0.25, 0.3) is 22.0 Å². The molecule has 0 aliphatic rings. The zero-order valence-corrected chi connectivity index (χ0v) is 12.0. The third kappa shape index (κ3) is 2.56. The van der Waals surface area contributed by atoms with E-state index in [1.165, 1.54) is 18.3 Å². The molecule has 118 valence electrons. The molecule has 0 aliphatic heterocycles. The van der Waals surface area contributed by atoms with E-state index in [2.05, 4.69) is 9.97 Å². The van der Waals surface area contributed by atoms with Crippen LogP contribution in [0.4, 0.5) is 8.78 Å². The van der Waals surface area contributed by atoms with E-state index in [0.717, 1.165) is 17.5 Å². The first-order chi connectivity index (χ1) is 11.6. The van der Waals surface area contributed by atoms with E-state index in [9.17, 15) is 13.6 Å². The van der Waals surface area contributed by atoms with Crippen molar-refractivity contribution in [2.24, 2.45) is 0 Å². The smallest absolute Gasteiger partial charge is 0.336 e. The van der Waals surface area contributed by atoms with Gasteiger partial charge in [-0.1, -0.05) is 0 Å². The summed E-state index contributed by atoms with van der Waals surface area (Å²) in [6.45, 7) is 0. The average Bonchev–Trinajstić information content (AvgIpc) is 2.56. The van der Waals surface area contributed by atoms with Gasteiger partial charge in [0.05, 0.1) is 17.2 Å². The first kappa shape index (κ1) is 14.3. The second-order valence-corrected chi connectivity index (χ2v) is 5.02. The van der Waals surface area contributed by atoms with Gasteiger partial charge in [-0.2, -0.15) is 0 Å². The maximum Gasteiger partial charge on any atom is 0.336 e. The minimum atomic E-state index is -1.01. The summed E-state index contributed by atoms with van der Waals surface area (Å²) in [4.78, 5) is 19.3. The largest absolute Gasteiger partial charge is 0.437 e. The first-order valence-corrected chi connectivity index (χ1v) is 6.92. The Morgan fingerprint density at radius 3 is 2.54 bits per heavy atom. The van der Waals surface area contributed by atoms with Gasteiger partial charge in [-0.3, -0.25) is 0 Å². The Kier molecular flexibility index (Phi) is 3.19. The molecule has 2 aromatic carbocycles. The monoisotopic (exact) mass is 326 g/mol. The van der Waals surface area contributed by atoms with Crippen molar-refractivity contribution >= 4 is 22.0 Å². The van der Waals surface area contributed by atoms with E-state index in [1.54, 1.807) is 18.2 Å². The Hall–Kier alpha value is -3.35. The minimum Gasteiger partial charge on any atom is -0.437 e. The molecule has 0 unspecified atom stereocenters. The van der Waals surface area contributed by atoms with Crippen LogP contribution >= 0.6 is 0 Å². The molecule has 0 fully saturated rings. The molecule has 0 spiro atoms. The molecular formula is C17H8F2N2O3. The number of hydrogen-bond acceptors (Lipinski definition) is 5. The predicted octanol–water partition coefficient (Wildman–Crippen LogP) is 3.81. The van der Waals surface area contributed by atoms with Crippen molar-refractivity contribution in [2.75, 3.05) is 0 Å². The second-order valence-electron chi connectivity index (χ2n) is 5.02. The number of halogens is 2. The van der Waals surface area contributed by atoms with Crippen LogP contribution in [0.2, 0.25) is 0 Å². The lowest BCUT2D eigenvalue weighted by molar-refractivity contribution is 0.460. The Morgan fingerprint density at radius 1 is 0.958 bits per heavy atom. The Balaban J connectivity index is 1.73. The van der Waals surface area contributed by atoms with Crippen LogP contribution in [-0.4, -0.2) is 9.97 Å². The highest BCUT2D eigenvalue weighted by molar-refractivity contribution is 5.78. The van der Waals surface area contributed by atoms with Gasteiger partial charge in [0, 0.05) is 29.7 Å². The zero-order valence-electron chi connectivity index (χ0n) is 12.0. The molecule has 2 aromatic heterocycles. The van der Waals surface area contributed by atoms with E-state index in [-0.39, 0.29) is 16.9 Å². The summed E-state index contributed by atoms with van der Waals surface area (Å²) < 4.78 is 37.1. The molecule has 0 amide bonds. The highest BCUT2D eigenvalue weighted by Gasteiger charge is 2.09. The molecule has 7 heteroatoms. The summed E-state index contributed by atoms with van der Waals surface area (Å²) in [6.07, 6.45) is 1.30. The lowest BCUT2D eigenvalue weighted by Crippen LogP contribution is -1.95. The number of benzene rings is 2. The van der Waals surface area contributed by atoms with Crippen molar-refractivity contribution in [1.82, 2.24) is 9.97 Å². The molecule has 0 atom stereocenters. The van der Waals surface area contributed by atoms with Crippen LogP contribution in [0, 0.1) is 11.6 Å². The molecule has 0 bridgehead atoms. The second kappa shape index (κ2) is 5.38. The molecule has 0 radical (unpaired) electrons. The number of fused-ring (bicyclic) bond motifs is 2. The molecule has 4 aromatic rings. The van der Waals surface area contributed by atoms with Gasteiger partial charge in [-0.05, 0) is 18.2 Å². The molecular weight excluding hydrogens is 318 g/mol. The van der Waals surface area contributed by atoms with Gasteiger partial charge in [-0.25, -0.2) is 23.5 Å². The van der Waals surface area contributed by atoms with Crippen molar-refractivity contribution in [1.29, 1.82) is 0 Å². The van der Waals surface area contributed by atoms with Gasteiger partial charge in [-0.15, -0.1) is 0 Å². The Bertz CT molecular complexity index is 1140. The van der Waals surface area contributed by atoms with Gasteiger partial charge in [0.15, 0.2) is 11.6 Å². The molecule has 24 heavy (non-hydrogen) atoms.